The van der Waals surface area contributed by atoms with E-state index in [0.717, 1.165) is 22.7 Å². The molecule has 0 spiro atoms. The van der Waals surface area contributed by atoms with Crippen molar-refractivity contribution in [3.63, 3.8) is 0 Å². The summed E-state index contributed by atoms with van der Waals surface area (Å²) in [6.07, 6.45) is -3.40. The number of benzene rings is 1. The van der Waals surface area contributed by atoms with Crippen molar-refractivity contribution in [3.05, 3.63) is 75.6 Å². The van der Waals surface area contributed by atoms with Crippen LogP contribution in [0.5, 0.6) is 5.75 Å². The third-order valence-electron chi connectivity index (χ3n) is 4.80. The Labute approximate surface area is 167 Å². The molecule has 0 N–H and O–H groups in total. The van der Waals surface area contributed by atoms with Crippen LogP contribution in [0.2, 0.25) is 0 Å². The Balaban J connectivity index is 1.50. The van der Waals surface area contributed by atoms with Crippen molar-refractivity contribution >= 4 is 11.6 Å². The molecule has 156 valence electrons. The van der Waals surface area contributed by atoms with Crippen molar-refractivity contribution in [1.29, 1.82) is 0 Å². The van der Waals surface area contributed by atoms with Gasteiger partial charge in [-0.3, -0.25) is 14.0 Å². The minimum Gasteiger partial charge on any atom is -0.406 e. The quantitative estimate of drug-likeness (QED) is 0.611. The second-order valence-electron chi connectivity index (χ2n) is 6.85. The first kappa shape index (κ1) is 19.9. The molecule has 0 unspecified atom stereocenters. The van der Waals surface area contributed by atoms with Crippen molar-refractivity contribution in [2.75, 3.05) is 6.54 Å². The third kappa shape index (κ3) is 4.12. The Hall–Kier alpha value is -3.43. The molecule has 2 aromatic heterocycles. The van der Waals surface area contributed by atoms with Gasteiger partial charge in [0.2, 0.25) is 5.91 Å². The lowest BCUT2D eigenvalue weighted by molar-refractivity contribution is -0.274. The van der Waals surface area contributed by atoms with Crippen LogP contribution >= 0.6 is 0 Å². The molecule has 0 bridgehead atoms. The summed E-state index contributed by atoms with van der Waals surface area (Å²) in [5.41, 5.74) is 1.31. The molecule has 3 aromatic rings. The maximum atomic E-state index is 13.5. The fraction of sp³-hybridized carbons (Fsp3) is 0.250. The van der Waals surface area contributed by atoms with E-state index >= 15 is 0 Å². The summed E-state index contributed by atoms with van der Waals surface area (Å²) in [6.45, 7) is 0.389. The predicted molar refractivity (Wildman–Crippen MR) is 97.4 cm³/mol. The fourth-order valence-corrected chi connectivity index (χ4v) is 3.38. The molecular formula is C20H15F4N3O3. The number of aromatic nitrogens is 2. The summed E-state index contributed by atoms with van der Waals surface area (Å²) in [5, 5.41) is 0. The first-order valence-corrected chi connectivity index (χ1v) is 9.02. The molecule has 0 radical (unpaired) electrons. The van der Waals surface area contributed by atoms with Gasteiger partial charge in [-0.25, -0.2) is 9.37 Å². The van der Waals surface area contributed by atoms with Crippen LogP contribution in [0.25, 0.3) is 5.65 Å². The number of rotatable bonds is 3. The second-order valence-corrected chi connectivity index (χ2v) is 6.85. The van der Waals surface area contributed by atoms with E-state index in [9.17, 15) is 27.2 Å². The standard InChI is InChI=1S/C20H15F4N3O3/c21-13-3-6-17-25-16-7-8-26(11-15(16)19(29)27(17)10-13)18(28)9-12-1-4-14(5-2-12)30-20(22,23)24/h1-6,10H,7-9,11H2. The molecule has 0 saturated heterocycles. The van der Waals surface area contributed by atoms with Crippen LogP contribution in [0.3, 0.4) is 0 Å². The monoisotopic (exact) mass is 421 g/mol. The molecule has 0 fully saturated rings. The van der Waals surface area contributed by atoms with Crippen LogP contribution in [-0.2, 0) is 24.2 Å². The van der Waals surface area contributed by atoms with E-state index in [-0.39, 0.29) is 24.6 Å². The van der Waals surface area contributed by atoms with E-state index in [0.29, 0.717) is 35.4 Å². The normalized spacial score (nSPS) is 13.9. The van der Waals surface area contributed by atoms with Gasteiger partial charge in [-0.1, -0.05) is 12.1 Å². The smallest absolute Gasteiger partial charge is 0.406 e. The number of carbonyl (C=O) groups is 1. The Morgan fingerprint density at radius 2 is 1.87 bits per heavy atom. The Morgan fingerprint density at radius 1 is 1.13 bits per heavy atom. The number of hydrogen-bond donors (Lipinski definition) is 0. The van der Waals surface area contributed by atoms with Crippen LogP contribution in [0, 0.1) is 5.82 Å². The number of fused-ring (bicyclic) bond motifs is 2. The number of halogens is 4. The van der Waals surface area contributed by atoms with Crippen molar-refractivity contribution < 1.29 is 27.1 Å². The molecule has 10 heteroatoms. The average molecular weight is 421 g/mol. The average Bonchev–Trinajstić information content (AvgIpc) is 2.69. The first-order chi connectivity index (χ1) is 14.2. The van der Waals surface area contributed by atoms with Gasteiger partial charge in [0.15, 0.2) is 0 Å². The number of pyridine rings is 1. The van der Waals surface area contributed by atoms with Gasteiger partial charge in [0.25, 0.3) is 5.56 Å². The number of hydrogen-bond acceptors (Lipinski definition) is 4. The van der Waals surface area contributed by atoms with Crippen molar-refractivity contribution in [2.45, 2.75) is 25.7 Å². The molecule has 1 amide bonds. The predicted octanol–water partition coefficient (Wildman–Crippen LogP) is 2.86. The summed E-state index contributed by atoms with van der Waals surface area (Å²) in [7, 11) is 0. The summed E-state index contributed by atoms with van der Waals surface area (Å²) in [5.74, 6) is -1.23. The molecule has 6 nitrogen and oxygen atoms in total. The molecule has 0 atom stereocenters. The maximum absolute atomic E-state index is 13.5. The zero-order valence-corrected chi connectivity index (χ0v) is 15.4. The molecule has 3 heterocycles. The first-order valence-electron chi connectivity index (χ1n) is 9.02. The molecule has 0 saturated carbocycles. The number of alkyl halides is 3. The Morgan fingerprint density at radius 3 is 2.57 bits per heavy atom. The lowest BCUT2D eigenvalue weighted by atomic mass is 10.0. The van der Waals surface area contributed by atoms with E-state index in [1.54, 1.807) is 0 Å². The maximum Gasteiger partial charge on any atom is 0.573 e. The molecule has 1 aliphatic rings. The number of ether oxygens (including phenoxy) is 1. The Bertz CT molecular complexity index is 1170. The van der Waals surface area contributed by atoms with E-state index in [1.807, 2.05) is 0 Å². The van der Waals surface area contributed by atoms with E-state index < -0.39 is 17.7 Å². The van der Waals surface area contributed by atoms with Gasteiger partial charge in [0, 0.05) is 19.2 Å². The largest absolute Gasteiger partial charge is 0.573 e. The van der Waals surface area contributed by atoms with Gasteiger partial charge in [-0.05, 0) is 29.8 Å². The summed E-state index contributed by atoms with van der Waals surface area (Å²) >= 11 is 0. The molecule has 30 heavy (non-hydrogen) atoms. The minimum absolute atomic E-state index is 0.0364. The molecular weight excluding hydrogens is 406 g/mol. The molecule has 1 aliphatic heterocycles. The van der Waals surface area contributed by atoms with Gasteiger partial charge in [0.1, 0.15) is 17.2 Å². The van der Waals surface area contributed by atoms with Gasteiger partial charge in [-0.2, -0.15) is 0 Å². The van der Waals surface area contributed by atoms with Gasteiger partial charge < -0.3 is 9.64 Å². The van der Waals surface area contributed by atoms with Crippen molar-refractivity contribution in [2.24, 2.45) is 0 Å². The zero-order chi connectivity index (χ0) is 21.5. The highest BCUT2D eigenvalue weighted by atomic mass is 19.4. The lowest BCUT2D eigenvalue weighted by Crippen LogP contribution is -2.40. The SMILES string of the molecule is O=C(Cc1ccc(OC(F)(F)F)cc1)N1CCc2nc3ccc(F)cn3c(=O)c2C1. The minimum atomic E-state index is -4.78. The molecule has 4 rings (SSSR count). The van der Waals surface area contributed by atoms with Crippen molar-refractivity contribution in [3.8, 4) is 5.75 Å². The fourth-order valence-electron chi connectivity index (χ4n) is 3.38. The zero-order valence-electron chi connectivity index (χ0n) is 15.4. The highest BCUT2D eigenvalue weighted by molar-refractivity contribution is 5.79. The molecule has 1 aromatic carbocycles. The Kier molecular flexibility index (Phi) is 4.92. The number of nitrogens with zero attached hydrogens (tertiary/aromatic N) is 3. The van der Waals surface area contributed by atoms with Crippen LogP contribution < -0.4 is 10.3 Å². The van der Waals surface area contributed by atoms with Crippen LogP contribution in [-0.4, -0.2) is 33.1 Å². The van der Waals surface area contributed by atoms with E-state index in [1.165, 1.54) is 29.2 Å². The topological polar surface area (TPSA) is 63.9 Å². The summed E-state index contributed by atoms with van der Waals surface area (Å²) < 4.78 is 55.1. The number of amides is 1. The van der Waals surface area contributed by atoms with E-state index in [4.69, 9.17) is 0 Å². The van der Waals surface area contributed by atoms with Gasteiger partial charge in [0.05, 0.1) is 24.2 Å². The summed E-state index contributed by atoms with van der Waals surface area (Å²) in [4.78, 5) is 31.2. The van der Waals surface area contributed by atoms with Crippen LogP contribution in [0.15, 0.2) is 47.4 Å². The number of carbonyl (C=O) groups excluding carboxylic acids is 1. The van der Waals surface area contributed by atoms with E-state index in [2.05, 4.69) is 9.72 Å². The molecule has 0 aliphatic carbocycles. The van der Waals surface area contributed by atoms with Gasteiger partial charge in [-0.15, -0.1) is 13.2 Å². The van der Waals surface area contributed by atoms with Gasteiger partial charge >= 0.3 is 6.36 Å². The lowest BCUT2D eigenvalue weighted by Gasteiger charge is -2.28. The van der Waals surface area contributed by atoms with Crippen molar-refractivity contribution in [1.82, 2.24) is 14.3 Å². The third-order valence-corrected chi connectivity index (χ3v) is 4.80. The van der Waals surface area contributed by atoms with Crippen LogP contribution in [0.4, 0.5) is 17.6 Å². The summed E-state index contributed by atoms with van der Waals surface area (Å²) in [6, 6.07) is 7.67. The highest BCUT2D eigenvalue weighted by Gasteiger charge is 2.31. The second kappa shape index (κ2) is 7.43. The van der Waals surface area contributed by atoms with Crippen LogP contribution in [0.1, 0.15) is 16.8 Å². The highest BCUT2D eigenvalue weighted by Crippen LogP contribution is 2.23.